The van der Waals surface area contributed by atoms with E-state index in [2.05, 4.69) is 16.0 Å². The lowest BCUT2D eigenvalue weighted by molar-refractivity contribution is -0.132. The standard InChI is InChI=1S/C16H31N3O2/c1-15(2,3)19-13(20)8-10-18-14(21)16(4,5)12-7-6-9-17-11-12/h12,17H,6-11H2,1-5H3,(H,18,21)(H,19,20). The van der Waals surface area contributed by atoms with Crippen LogP contribution >= 0.6 is 0 Å². The summed E-state index contributed by atoms with van der Waals surface area (Å²) in [5.74, 6) is 0.370. The number of rotatable bonds is 5. The molecule has 1 aliphatic heterocycles. The number of hydrogen-bond donors (Lipinski definition) is 3. The van der Waals surface area contributed by atoms with Crippen LogP contribution in [0.3, 0.4) is 0 Å². The Labute approximate surface area is 128 Å². The lowest BCUT2D eigenvalue weighted by atomic mass is 9.74. The lowest BCUT2D eigenvalue weighted by Gasteiger charge is -2.36. The summed E-state index contributed by atoms with van der Waals surface area (Å²) >= 11 is 0. The minimum atomic E-state index is -0.395. The van der Waals surface area contributed by atoms with Gasteiger partial charge < -0.3 is 16.0 Å². The molecule has 0 aromatic heterocycles. The topological polar surface area (TPSA) is 70.2 Å². The molecule has 21 heavy (non-hydrogen) atoms. The molecule has 5 heteroatoms. The molecule has 1 heterocycles. The zero-order valence-electron chi connectivity index (χ0n) is 14.1. The largest absolute Gasteiger partial charge is 0.355 e. The molecule has 1 unspecified atom stereocenters. The third-order valence-electron chi connectivity index (χ3n) is 4.05. The highest BCUT2D eigenvalue weighted by molar-refractivity contribution is 5.83. The van der Waals surface area contributed by atoms with E-state index in [4.69, 9.17) is 0 Å². The van der Waals surface area contributed by atoms with Crippen molar-refractivity contribution in [3.05, 3.63) is 0 Å². The summed E-state index contributed by atoms with van der Waals surface area (Å²) in [4.78, 5) is 24.1. The molecule has 1 aliphatic rings. The van der Waals surface area contributed by atoms with Gasteiger partial charge in [-0.1, -0.05) is 13.8 Å². The van der Waals surface area contributed by atoms with Gasteiger partial charge in [-0.2, -0.15) is 0 Å². The molecule has 1 atom stereocenters. The van der Waals surface area contributed by atoms with Crippen molar-refractivity contribution in [3.8, 4) is 0 Å². The van der Waals surface area contributed by atoms with Crippen molar-refractivity contribution in [3.63, 3.8) is 0 Å². The fourth-order valence-electron chi connectivity index (χ4n) is 2.65. The van der Waals surface area contributed by atoms with Crippen molar-refractivity contribution >= 4 is 11.8 Å². The van der Waals surface area contributed by atoms with Crippen LogP contribution in [0.25, 0.3) is 0 Å². The first-order chi connectivity index (χ1) is 9.63. The van der Waals surface area contributed by atoms with Gasteiger partial charge in [-0.15, -0.1) is 0 Å². The zero-order valence-corrected chi connectivity index (χ0v) is 14.1. The maximum atomic E-state index is 12.4. The molecular formula is C16H31N3O2. The van der Waals surface area contributed by atoms with Crippen LogP contribution < -0.4 is 16.0 Å². The summed E-state index contributed by atoms with van der Waals surface area (Å²) in [5, 5.41) is 9.16. The van der Waals surface area contributed by atoms with Gasteiger partial charge in [0.05, 0.1) is 0 Å². The molecule has 0 saturated carbocycles. The molecule has 1 saturated heterocycles. The normalized spacial score (nSPS) is 20.0. The van der Waals surface area contributed by atoms with Gasteiger partial charge in [-0.05, 0) is 52.6 Å². The van der Waals surface area contributed by atoms with Crippen LogP contribution in [0.4, 0.5) is 0 Å². The minimum absolute atomic E-state index is 0.0278. The minimum Gasteiger partial charge on any atom is -0.355 e. The highest BCUT2D eigenvalue weighted by atomic mass is 16.2. The van der Waals surface area contributed by atoms with Crippen molar-refractivity contribution in [2.24, 2.45) is 11.3 Å². The molecule has 122 valence electrons. The van der Waals surface area contributed by atoms with E-state index in [1.54, 1.807) is 0 Å². The number of piperidine rings is 1. The molecule has 0 aromatic rings. The summed E-state index contributed by atoms with van der Waals surface area (Å²) in [6.07, 6.45) is 2.52. The first kappa shape index (κ1) is 18.0. The van der Waals surface area contributed by atoms with E-state index >= 15 is 0 Å². The molecule has 1 fully saturated rings. The molecule has 0 radical (unpaired) electrons. The van der Waals surface area contributed by atoms with Gasteiger partial charge in [0.1, 0.15) is 0 Å². The summed E-state index contributed by atoms with van der Waals surface area (Å²) in [6.45, 7) is 12.2. The van der Waals surface area contributed by atoms with Crippen LogP contribution in [0, 0.1) is 11.3 Å². The molecule has 0 aliphatic carbocycles. The number of carbonyl (C=O) groups is 2. The van der Waals surface area contributed by atoms with E-state index in [1.807, 2.05) is 34.6 Å². The Bertz CT molecular complexity index is 366. The molecule has 3 N–H and O–H groups in total. The quantitative estimate of drug-likeness (QED) is 0.719. The van der Waals surface area contributed by atoms with E-state index in [0.717, 1.165) is 25.9 Å². The van der Waals surface area contributed by atoms with Gasteiger partial charge in [-0.3, -0.25) is 9.59 Å². The second-order valence-corrected chi connectivity index (χ2v) is 7.57. The van der Waals surface area contributed by atoms with Gasteiger partial charge in [0.2, 0.25) is 11.8 Å². The van der Waals surface area contributed by atoms with Crippen LogP contribution in [0.15, 0.2) is 0 Å². The van der Waals surface area contributed by atoms with E-state index in [1.165, 1.54) is 0 Å². The highest BCUT2D eigenvalue weighted by Crippen LogP contribution is 2.31. The van der Waals surface area contributed by atoms with E-state index in [0.29, 0.717) is 18.9 Å². The second-order valence-electron chi connectivity index (χ2n) is 7.57. The summed E-state index contributed by atoms with van der Waals surface area (Å²) in [5.41, 5.74) is -0.623. The SMILES string of the molecule is CC(C)(C)NC(=O)CCNC(=O)C(C)(C)C1CCCNC1. The highest BCUT2D eigenvalue weighted by Gasteiger charge is 2.37. The average molecular weight is 297 g/mol. The van der Waals surface area contributed by atoms with Gasteiger partial charge in [0.15, 0.2) is 0 Å². The van der Waals surface area contributed by atoms with Crippen LogP contribution in [0.5, 0.6) is 0 Å². The summed E-state index contributed by atoms with van der Waals surface area (Å²) in [6, 6.07) is 0. The van der Waals surface area contributed by atoms with Crippen molar-refractivity contribution in [1.29, 1.82) is 0 Å². The van der Waals surface area contributed by atoms with Crippen LogP contribution in [0.2, 0.25) is 0 Å². The van der Waals surface area contributed by atoms with Crippen LogP contribution in [-0.4, -0.2) is 37.0 Å². The first-order valence-corrected chi connectivity index (χ1v) is 7.93. The Balaban J connectivity index is 2.37. The van der Waals surface area contributed by atoms with Gasteiger partial charge in [0.25, 0.3) is 0 Å². The van der Waals surface area contributed by atoms with Gasteiger partial charge >= 0.3 is 0 Å². The summed E-state index contributed by atoms with van der Waals surface area (Å²) < 4.78 is 0. The molecule has 2 amide bonds. The van der Waals surface area contributed by atoms with Crippen molar-refractivity contribution in [2.45, 2.75) is 59.4 Å². The third-order valence-corrected chi connectivity index (χ3v) is 4.05. The fraction of sp³-hybridized carbons (Fsp3) is 0.875. The predicted octanol–water partition coefficient (Wildman–Crippen LogP) is 1.43. The number of carbonyl (C=O) groups excluding carboxylic acids is 2. The van der Waals surface area contributed by atoms with Gasteiger partial charge in [0, 0.05) is 23.9 Å². The zero-order chi connectivity index (χ0) is 16.1. The fourth-order valence-corrected chi connectivity index (χ4v) is 2.65. The second kappa shape index (κ2) is 7.25. The smallest absolute Gasteiger partial charge is 0.225 e. The van der Waals surface area contributed by atoms with E-state index in [-0.39, 0.29) is 17.4 Å². The molecule has 0 spiro atoms. The Morgan fingerprint density at radius 3 is 2.38 bits per heavy atom. The molecule has 1 rings (SSSR count). The van der Waals surface area contributed by atoms with Gasteiger partial charge in [-0.25, -0.2) is 0 Å². The predicted molar refractivity (Wildman–Crippen MR) is 84.9 cm³/mol. The lowest BCUT2D eigenvalue weighted by Crippen LogP contribution is -2.48. The summed E-state index contributed by atoms with van der Waals surface area (Å²) in [7, 11) is 0. The number of hydrogen-bond acceptors (Lipinski definition) is 3. The van der Waals surface area contributed by atoms with Crippen molar-refractivity contribution in [2.75, 3.05) is 19.6 Å². The molecule has 5 nitrogen and oxygen atoms in total. The van der Waals surface area contributed by atoms with E-state index < -0.39 is 5.41 Å². The average Bonchev–Trinajstić information content (AvgIpc) is 2.37. The van der Waals surface area contributed by atoms with Crippen molar-refractivity contribution < 1.29 is 9.59 Å². The Hall–Kier alpha value is -1.10. The number of nitrogens with one attached hydrogen (secondary N) is 3. The van der Waals surface area contributed by atoms with Crippen LogP contribution in [0.1, 0.15) is 53.9 Å². The third kappa shape index (κ3) is 6.04. The molecule has 0 aromatic carbocycles. The Kier molecular flexibility index (Phi) is 6.20. The maximum absolute atomic E-state index is 12.4. The van der Waals surface area contributed by atoms with Crippen LogP contribution in [-0.2, 0) is 9.59 Å². The molecular weight excluding hydrogens is 266 g/mol. The maximum Gasteiger partial charge on any atom is 0.225 e. The van der Waals surface area contributed by atoms with E-state index in [9.17, 15) is 9.59 Å². The Morgan fingerprint density at radius 2 is 1.86 bits per heavy atom. The molecule has 0 bridgehead atoms. The monoisotopic (exact) mass is 297 g/mol. The van der Waals surface area contributed by atoms with Crippen molar-refractivity contribution in [1.82, 2.24) is 16.0 Å². The Morgan fingerprint density at radius 1 is 1.19 bits per heavy atom. The number of amides is 2. The first-order valence-electron chi connectivity index (χ1n) is 7.93.